The maximum atomic E-state index is 5.41. The van der Waals surface area contributed by atoms with Gasteiger partial charge in [0.25, 0.3) is 0 Å². The molecule has 0 aliphatic heterocycles. The van der Waals surface area contributed by atoms with Crippen LogP contribution in [0.5, 0.6) is 0 Å². The fourth-order valence-corrected chi connectivity index (χ4v) is 2.41. The van der Waals surface area contributed by atoms with E-state index in [4.69, 9.17) is 9.05 Å². The van der Waals surface area contributed by atoms with E-state index in [9.17, 15) is 0 Å². The van der Waals surface area contributed by atoms with E-state index in [-0.39, 0.29) is 0 Å². The minimum atomic E-state index is 0.620. The average molecular weight is 306 g/mol. The molecule has 0 N–H and O–H groups in total. The molecule has 0 aliphatic carbocycles. The second-order valence-electron chi connectivity index (χ2n) is 5.33. The Labute approximate surface area is 132 Å². The molecule has 0 saturated heterocycles. The number of hydrogen-bond donors (Lipinski definition) is 0. The SMILES string of the molecule is Cc1cc(-c2cc(-c3cc(C)no3)n(-c3ccccc3)n2)on1. The normalized spacial score (nSPS) is 11.0. The van der Waals surface area contributed by atoms with Crippen molar-refractivity contribution in [3.05, 3.63) is 59.9 Å². The molecule has 0 bridgehead atoms. The molecule has 0 unspecified atom stereocenters. The van der Waals surface area contributed by atoms with E-state index in [0.29, 0.717) is 17.2 Å². The summed E-state index contributed by atoms with van der Waals surface area (Å²) < 4.78 is 12.5. The van der Waals surface area contributed by atoms with Crippen LogP contribution in [0.4, 0.5) is 0 Å². The zero-order valence-electron chi connectivity index (χ0n) is 12.7. The molecule has 4 aromatic rings. The van der Waals surface area contributed by atoms with Crippen LogP contribution in [0.25, 0.3) is 28.6 Å². The molecule has 0 saturated carbocycles. The zero-order valence-corrected chi connectivity index (χ0v) is 12.7. The van der Waals surface area contributed by atoms with E-state index in [1.165, 1.54) is 0 Å². The van der Waals surface area contributed by atoms with Crippen molar-refractivity contribution >= 4 is 0 Å². The van der Waals surface area contributed by atoms with Crippen molar-refractivity contribution in [2.75, 3.05) is 0 Å². The van der Waals surface area contributed by atoms with Gasteiger partial charge in [-0.3, -0.25) is 0 Å². The van der Waals surface area contributed by atoms with Crippen molar-refractivity contribution < 1.29 is 9.05 Å². The molecule has 0 fully saturated rings. The molecule has 0 atom stereocenters. The van der Waals surface area contributed by atoms with Crippen LogP contribution >= 0.6 is 0 Å². The molecular weight excluding hydrogens is 292 g/mol. The molecule has 114 valence electrons. The first-order valence-electron chi connectivity index (χ1n) is 7.23. The monoisotopic (exact) mass is 306 g/mol. The molecule has 1 aromatic carbocycles. The maximum Gasteiger partial charge on any atom is 0.187 e. The predicted octanol–water partition coefficient (Wildman–Crippen LogP) is 3.80. The summed E-state index contributed by atoms with van der Waals surface area (Å²) in [6, 6.07) is 15.5. The summed E-state index contributed by atoms with van der Waals surface area (Å²) in [6.07, 6.45) is 0. The van der Waals surface area contributed by atoms with Crippen LogP contribution in [0.15, 0.2) is 57.6 Å². The highest BCUT2D eigenvalue weighted by atomic mass is 16.5. The first-order valence-corrected chi connectivity index (χ1v) is 7.23. The summed E-state index contributed by atoms with van der Waals surface area (Å²) in [5.41, 5.74) is 4.06. The van der Waals surface area contributed by atoms with Gasteiger partial charge in [0.05, 0.1) is 17.1 Å². The minimum Gasteiger partial charge on any atom is -0.354 e. The van der Waals surface area contributed by atoms with Gasteiger partial charge < -0.3 is 9.05 Å². The topological polar surface area (TPSA) is 69.9 Å². The average Bonchev–Trinajstić information content (AvgIpc) is 3.27. The third-order valence-electron chi connectivity index (χ3n) is 3.47. The highest BCUT2D eigenvalue weighted by molar-refractivity contribution is 5.65. The Bertz CT molecular complexity index is 950. The van der Waals surface area contributed by atoms with E-state index in [2.05, 4.69) is 15.4 Å². The first kappa shape index (κ1) is 13.5. The highest BCUT2D eigenvalue weighted by Crippen LogP contribution is 2.29. The Balaban J connectivity index is 1.90. The number of aromatic nitrogens is 4. The first-order chi connectivity index (χ1) is 11.2. The van der Waals surface area contributed by atoms with Gasteiger partial charge in [-0.25, -0.2) is 4.68 Å². The lowest BCUT2D eigenvalue weighted by Crippen LogP contribution is -1.98. The van der Waals surface area contributed by atoms with Crippen molar-refractivity contribution in [2.45, 2.75) is 13.8 Å². The van der Waals surface area contributed by atoms with E-state index in [1.807, 2.05) is 67.1 Å². The van der Waals surface area contributed by atoms with Crippen LogP contribution < -0.4 is 0 Å². The number of benzene rings is 1. The lowest BCUT2D eigenvalue weighted by Gasteiger charge is -2.04. The molecule has 3 aromatic heterocycles. The van der Waals surface area contributed by atoms with Crippen molar-refractivity contribution in [2.24, 2.45) is 0 Å². The standard InChI is InChI=1S/C17H14N4O2/c1-11-8-16(22-19-11)14-10-15(17-9-12(2)20-23-17)21(18-14)13-6-4-3-5-7-13/h3-10H,1-2H3. The lowest BCUT2D eigenvalue weighted by atomic mass is 10.2. The maximum absolute atomic E-state index is 5.41. The Kier molecular flexibility index (Phi) is 3.08. The number of nitrogens with zero attached hydrogens (tertiary/aromatic N) is 4. The predicted molar refractivity (Wildman–Crippen MR) is 84.0 cm³/mol. The fraction of sp³-hybridized carbons (Fsp3) is 0.118. The van der Waals surface area contributed by atoms with Crippen LogP contribution in [-0.2, 0) is 0 Å². The second-order valence-corrected chi connectivity index (χ2v) is 5.33. The van der Waals surface area contributed by atoms with Crippen LogP contribution in [-0.4, -0.2) is 20.1 Å². The Morgan fingerprint density at radius 3 is 2.09 bits per heavy atom. The number of aryl methyl sites for hydroxylation is 2. The Morgan fingerprint density at radius 2 is 1.48 bits per heavy atom. The molecule has 0 aliphatic rings. The molecule has 6 nitrogen and oxygen atoms in total. The van der Waals surface area contributed by atoms with E-state index in [1.54, 1.807) is 0 Å². The Hall–Kier alpha value is -3.15. The third-order valence-corrected chi connectivity index (χ3v) is 3.47. The zero-order chi connectivity index (χ0) is 15.8. The van der Waals surface area contributed by atoms with Gasteiger partial charge in [-0.1, -0.05) is 28.5 Å². The largest absolute Gasteiger partial charge is 0.354 e. The summed E-state index contributed by atoms with van der Waals surface area (Å²) >= 11 is 0. The summed E-state index contributed by atoms with van der Waals surface area (Å²) in [7, 11) is 0. The molecule has 4 rings (SSSR count). The van der Waals surface area contributed by atoms with Gasteiger partial charge in [-0.05, 0) is 32.0 Å². The summed E-state index contributed by atoms with van der Waals surface area (Å²) in [5, 5.41) is 12.5. The highest BCUT2D eigenvalue weighted by Gasteiger charge is 2.18. The second kappa shape index (κ2) is 5.24. The van der Waals surface area contributed by atoms with Gasteiger partial charge in [-0.15, -0.1) is 0 Å². The van der Waals surface area contributed by atoms with Gasteiger partial charge in [0.2, 0.25) is 0 Å². The third kappa shape index (κ3) is 2.44. The van der Waals surface area contributed by atoms with Crippen LogP contribution in [0.1, 0.15) is 11.4 Å². The van der Waals surface area contributed by atoms with Crippen molar-refractivity contribution in [1.82, 2.24) is 20.1 Å². The van der Waals surface area contributed by atoms with Crippen LogP contribution in [0.3, 0.4) is 0 Å². The fourth-order valence-electron chi connectivity index (χ4n) is 2.41. The lowest BCUT2D eigenvalue weighted by molar-refractivity contribution is 0.424. The Morgan fingerprint density at radius 1 is 0.826 bits per heavy atom. The number of para-hydroxylation sites is 1. The van der Waals surface area contributed by atoms with Gasteiger partial charge in [0, 0.05) is 12.1 Å². The number of rotatable bonds is 3. The van der Waals surface area contributed by atoms with Gasteiger partial charge in [0.15, 0.2) is 11.5 Å². The molecule has 0 spiro atoms. The van der Waals surface area contributed by atoms with Gasteiger partial charge in [-0.2, -0.15) is 5.10 Å². The van der Waals surface area contributed by atoms with Crippen molar-refractivity contribution in [3.63, 3.8) is 0 Å². The smallest absolute Gasteiger partial charge is 0.187 e. The van der Waals surface area contributed by atoms with Crippen LogP contribution in [0, 0.1) is 13.8 Å². The summed E-state index contributed by atoms with van der Waals surface area (Å²) in [6.45, 7) is 3.76. The van der Waals surface area contributed by atoms with E-state index in [0.717, 1.165) is 22.8 Å². The molecular formula is C17H14N4O2. The molecule has 23 heavy (non-hydrogen) atoms. The summed E-state index contributed by atoms with van der Waals surface area (Å²) in [4.78, 5) is 0. The van der Waals surface area contributed by atoms with Crippen molar-refractivity contribution in [3.8, 4) is 28.6 Å². The molecule has 0 amide bonds. The minimum absolute atomic E-state index is 0.620. The van der Waals surface area contributed by atoms with Gasteiger partial charge >= 0.3 is 0 Å². The van der Waals surface area contributed by atoms with Crippen LogP contribution in [0.2, 0.25) is 0 Å². The molecule has 6 heteroatoms. The molecule has 3 heterocycles. The summed E-state index contributed by atoms with van der Waals surface area (Å²) in [5.74, 6) is 1.27. The van der Waals surface area contributed by atoms with Gasteiger partial charge in [0.1, 0.15) is 11.4 Å². The quantitative estimate of drug-likeness (QED) is 0.576. The molecule has 0 radical (unpaired) electrons. The van der Waals surface area contributed by atoms with E-state index < -0.39 is 0 Å². The van der Waals surface area contributed by atoms with Crippen molar-refractivity contribution in [1.29, 1.82) is 0 Å². The number of hydrogen-bond acceptors (Lipinski definition) is 5. The van der Waals surface area contributed by atoms with E-state index >= 15 is 0 Å².